The quantitative estimate of drug-likeness (QED) is 0.796. The van der Waals surface area contributed by atoms with Crippen LogP contribution in [0.4, 0.5) is 0 Å². The van der Waals surface area contributed by atoms with Crippen molar-refractivity contribution in [3.05, 3.63) is 23.1 Å². The van der Waals surface area contributed by atoms with E-state index in [1.165, 1.54) is 12.1 Å². The van der Waals surface area contributed by atoms with Gasteiger partial charge in [0.2, 0.25) is 5.91 Å². The molecule has 5 nitrogen and oxygen atoms in total. The van der Waals surface area contributed by atoms with Crippen LogP contribution in [0.2, 0.25) is 5.22 Å². The number of hydrazine groups is 1. The van der Waals surface area contributed by atoms with Crippen molar-refractivity contribution >= 4 is 23.4 Å². The van der Waals surface area contributed by atoms with Gasteiger partial charge >= 0.3 is 5.91 Å². The van der Waals surface area contributed by atoms with Crippen LogP contribution in [0.3, 0.4) is 0 Å². The highest BCUT2D eigenvalue weighted by molar-refractivity contribution is 6.29. The van der Waals surface area contributed by atoms with E-state index >= 15 is 0 Å². The fraction of sp³-hybridized carbons (Fsp3) is 0.400. The Balaban J connectivity index is 2.38. The number of rotatable bonds is 3. The molecule has 2 amide bonds. The molecule has 88 valence electrons. The van der Waals surface area contributed by atoms with E-state index in [4.69, 9.17) is 16.0 Å². The molecule has 1 rings (SSSR count). The van der Waals surface area contributed by atoms with Crippen LogP contribution in [0.5, 0.6) is 0 Å². The monoisotopic (exact) mass is 244 g/mol. The first kappa shape index (κ1) is 12.6. The molecule has 0 aromatic carbocycles. The lowest BCUT2D eigenvalue weighted by Gasteiger charge is -2.07. The molecule has 1 heterocycles. The molecule has 0 unspecified atom stereocenters. The summed E-state index contributed by atoms with van der Waals surface area (Å²) in [6, 6.07) is 2.87. The maximum atomic E-state index is 11.4. The fourth-order valence-corrected chi connectivity index (χ4v) is 1.19. The molecule has 1 aromatic heterocycles. The molecule has 0 saturated heterocycles. The van der Waals surface area contributed by atoms with E-state index in [2.05, 4.69) is 10.9 Å². The zero-order valence-electron chi connectivity index (χ0n) is 9.04. The lowest BCUT2D eigenvalue weighted by atomic mass is 10.1. The Kier molecular flexibility index (Phi) is 4.37. The van der Waals surface area contributed by atoms with E-state index in [1.807, 2.05) is 13.8 Å². The van der Waals surface area contributed by atoms with Gasteiger partial charge in [0, 0.05) is 6.42 Å². The summed E-state index contributed by atoms with van der Waals surface area (Å²) in [6.07, 6.45) is 0.346. The van der Waals surface area contributed by atoms with Crippen LogP contribution in [0.25, 0.3) is 0 Å². The average Bonchev–Trinajstić information content (AvgIpc) is 2.60. The number of nitrogens with one attached hydrogen (secondary N) is 2. The van der Waals surface area contributed by atoms with Crippen molar-refractivity contribution in [2.45, 2.75) is 20.3 Å². The normalized spacial score (nSPS) is 10.2. The highest BCUT2D eigenvalue weighted by Gasteiger charge is 2.11. The molecule has 1 aromatic rings. The van der Waals surface area contributed by atoms with Crippen molar-refractivity contribution in [2.75, 3.05) is 0 Å². The summed E-state index contributed by atoms with van der Waals surface area (Å²) >= 11 is 5.50. The summed E-state index contributed by atoms with van der Waals surface area (Å²) in [4.78, 5) is 22.6. The van der Waals surface area contributed by atoms with Crippen LogP contribution >= 0.6 is 11.6 Å². The third kappa shape index (κ3) is 3.94. The third-order valence-electron chi connectivity index (χ3n) is 1.71. The van der Waals surface area contributed by atoms with Crippen LogP contribution in [0.1, 0.15) is 30.8 Å². The molecule has 0 radical (unpaired) electrons. The average molecular weight is 245 g/mol. The van der Waals surface area contributed by atoms with Crippen molar-refractivity contribution in [1.82, 2.24) is 10.9 Å². The van der Waals surface area contributed by atoms with E-state index in [9.17, 15) is 9.59 Å². The number of carbonyl (C=O) groups excluding carboxylic acids is 2. The first-order valence-electron chi connectivity index (χ1n) is 4.83. The highest BCUT2D eigenvalue weighted by atomic mass is 35.5. The predicted octanol–water partition coefficient (Wildman–Crippen LogP) is 1.74. The second-order valence-electron chi connectivity index (χ2n) is 3.70. The van der Waals surface area contributed by atoms with Crippen molar-refractivity contribution in [3.8, 4) is 0 Å². The number of hydrogen-bond acceptors (Lipinski definition) is 3. The molecular weight excluding hydrogens is 232 g/mol. The van der Waals surface area contributed by atoms with Crippen LogP contribution in [0.15, 0.2) is 16.5 Å². The molecule has 0 aliphatic rings. The lowest BCUT2D eigenvalue weighted by Crippen LogP contribution is -2.41. The number of furan rings is 1. The number of carbonyl (C=O) groups is 2. The van der Waals surface area contributed by atoms with Crippen molar-refractivity contribution < 1.29 is 14.0 Å². The molecule has 0 atom stereocenters. The highest BCUT2D eigenvalue weighted by Crippen LogP contribution is 2.12. The molecule has 0 spiro atoms. The molecule has 0 fully saturated rings. The molecule has 16 heavy (non-hydrogen) atoms. The predicted molar refractivity (Wildman–Crippen MR) is 58.8 cm³/mol. The van der Waals surface area contributed by atoms with E-state index in [1.54, 1.807) is 0 Å². The molecule has 0 saturated carbocycles. The van der Waals surface area contributed by atoms with E-state index < -0.39 is 5.91 Å². The van der Waals surface area contributed by atoms with E-state index in [0.29, 0.717) is 6.42 Å². The molecule has 0 aliphatic heterocycles. The largest absolute Gasteiger partial charge is 0.439 e. The van der Waals surface area contributed by atoms with Gasteiger partial charge < -0.3 is 4.42 Å². The Labute approximate surface area is 98.1 Å². The Bertz CT molecular complexity index is 387. The van der Waals surface area contributed by atoms with Gasteiger partial charge in [-0.2, -0.15) is 0 Å². The van der Waals surface area contributed by atoms with E-state index in [-0.39, 0.29) is 22.8 Å². The van der Waals surface area contributed by atoms with Gasteiger partial charge in [0.25, 0.3) is 0 Å². The van der Waals surface area contributed by atoms with Gasteiger partial charge in [-0.1, -0.05) is 13.8 Å². The Morgan fingerprint density at radius 1 is 1.38 bits per heavy atom. The fourth-order valence-electron chi connectivity index (χ4n) is 1.05. The summed E-state index contributed by atoms with van der Waals surface area (Å²) < 4.78 is 4.86. The van der Waals surface area contributed by atoms with Crippen molar-refractivity contribution in [2.24, 2.45) is 5.92 Å². The van der Waals surface area contributed by atoms with Crippen LogP contribution in [0, 0.1) is 5.92 Å². The summed E-state index contributed by atoms with van der Waals surface area (Å²) in [5.74, 6) is -0.505. The van der Waals surface area contributed by atoms with Crippen molar-refractivity contribution in [3.63, 3.8) is 0 Å². The lowest BCUT2D eigenvalue weighted by molar-refractivity contribution is -0.122. The van der Waals surface area contributed by atoms with Crippen LogP contribution < -0.4 is 10.9 Å². The second-order valence-corrected chi connectivity index (χ2v) is 4.08. The summed E-state index contributed by atoms with van der Waals surface area (Å²) in [5.41, 5.74) is 4.51. The minimum atomic E-state index is -0.538. The van der Waals surface area contributed by atoms with Gasteiger partial charge in [-0.25, -0.2) is 0 Å². The van der Waals surface area contributed by atoms with Gasteiger partial charge in [-0.3, -0.25) is 20.4 Å². The number of amides is 2. The summed E-state index contributed by atoms with van der Waals surface area (Å²) in [7, 11) is 0. The summed E-state index contributed by atoms with van der Waals surface area (Å²) in [5, 5.41) is 0.124. The van der Waals surface area contributed by atoms with Gasteiger partial charge in [0.15, 0.2) is 11.0 Å². The molecule has 6 heteroatoms. The minimum absolute atomic E-state index is 0.0508. The number of hydrogen-bond donors (Lipinski definition) is 2. The zero-order chi connectivity index (χ0) is 12.1. The maximum absolute atomic E-state index is 11.4. The first-order valence-corrected chi connectivity index (χ1v) is 5.21. The van der Waals surface area contributed by atoms with Gasteiger partial charge in [-0.15, -0.1) is 0 Å². The smallest absolute Gasteiger partial charge is 0.305 e. The van der Waals surface area contributed by atoms with Gasteiger partial charge in [0.1, 0.15) is 0 Å². The SMILES string of the molecule is CC(C)CC(=O)NNC(=O)c1ccc(Cl)o1. The Hall–Kier alpha value is -1.49. The Morgan fingerprint density at radius 3 is 2.56 bits per heavy atom. The standard InChI is InChI=1S/C10H13ClN2O3/c1-6(2)5-9(14)12-13-10(15)7-3-4-8(11)16-7/h3-4,6H,5H2,1-2H3,(H,12,14)(H,13,15). The second kappa shape index (κ2) is 5.55. The molecular formula is C10H13ClN2O3. The van der Waals surface area contributed by atoms with Crippen molar-refractivity contribution in [1.29, 1.82) is 0 Å². The third-order valence-corrected chi connectivity index (χ3v) is 1.91. The zero-order valence-corrected chi connectivity index (χ0v) is 9.80. The van der Waals surface area contributed by atoms with Gasteiger partial charge in [0.05, 0.1) is 0 Å². The number of halogens is 1. The van der Waals surface area contributed by atoms with E-state index in [0.717, 1.165) is 0 Å². The molecule has 2 N–H and O–H groups in total. The topological polar surface area (TPSA) is 71.3 Å². The van der Waals surface area contributed by atoms with Crippen LogP contribution in [-0.4, -0.2) is 11.8 Å². The first-order chi connectivity index (χ1) is 7.49. The van der Waals surface area contributed by atoms with Crippen LogP contribution in [-0.2, 0) is 4.79 Å². The maximum Gasteiger partial charge on any atom is 0.305 e. The Morgan fingerprint density at radius 2 is 2.06 bits per heavy atom. The van der Waals surface area contributed by atoms with Gasteiger partial charge in [-0.05, 0) is 29.7 Å². The minimum Gasteiger partial charge on any atom is -0.439 e. The molecule has 0 aliphatic carbocycles. The summed E-state index contributed by atoms with van der Waals surface area (Å²) in [6.45, 7) is 3.82. The molecule has 0 bridgehead atoms.